The Morgan fingerprint density at radius 3 is 2.64 bits per heavy atom. The average Bonchev–Trinajstić information content (AvgIpc) is 3.80. The highest BCUT2D eigenvalue weighted by Gasteiger charge is 2.43. The molecular formula is C32H40N6O4. The van der Waals surface area contributed by atoms with Crippen LogP contribution in [0.15, 0.2) is 48.8 Å². The first-order chi connectivity index (χ1) is 20.5. The highest BCUT2D eigenvalue weighted by molar-refractivity contribution is 5.91. The Hall–Kier alpha value is -3.92. The third-order valence-electron chi connectivity index (χ3n) is 9.06. The molecule has 3 aliphatic rings. The predicted molar refractivity (Wildman–Crippen MR) is 159 cm³/mol. The number of carbonyl (C=O) groups excluding carboxylic acids is 3. The molecule has 3 aliphatic heterocycles. The summed E-state index contributed by atoms with van der Waals surface area (Å²) >= 11 is 0. The Bertz CT molecular complexity index is 1380. The second kappa shape index (κ2) is 12.5. The minimum absolute atomic E-state index is 0.0806. The highest BCUT2D eigenvalue weighted by atomic mass is 16.5. The first-order valence-corrected chi connectivity index (χ1v) is 15.1. The van der Waals surface area contributed by atoms with Crippen molar-refractivity contribution in [1.29, 1.82) is 0 Å². The number of likely N-dealkylation sites (tertiary alicyclic amines) is 2. The van der Waals surface area contributed by atoms with Crippen LogP contribution in [0.25, 0.3) is 10.9 Å². The number of rotatable bonds is 8. The van der Waals surface area contributed by atoms with Crippen molar-refractivity contribution in [3.8, 4) is 5.75 Å². The van der Waals surface area contributed by atoms with Gasteiger partial charge in [0.1, 0.15) is 11.8 Å². The van der Waals surface area contributed by atoms with Crippen LogP contribution in [0, 0.1) is 11.8 Å². The fraction of sp³-hybridized carbons (Fsp3) is 0.500. The molecule has 3 amide bonds. The number of aromatic amines is 1. The van der Waals surface area contributed by atoms with E-state index in [0.29, 0.717) is 32.5 Å². The molecule has 10 nitrogen and oxygen atoms in total. The largest absolute Gasteiger partial charge is 0.497 e. The summed E-state index contributed by atoms with van der Waals surface area (Å²) in [5, 5.41) is 7.42. The van der Waals surface area contributed by atoms with E-state index in [1.807, 2.05) is 41.3 Å². The van der Waals surface area contributed by atoms with Crippen LogP contribution in [0.2, 0.25) is 0 Å². The summed E-state index contributed by atoms with van der Waals surface area (Å²) in [6.07, 6.45) is 8.19. The van der Waals surface area contributed by atoms with Crippen LogP contribution in [0.3, 0.4) is 0 Å². The maximum absolute atomic E-state index is 14.0. The number of hydrogen-bond donors (Lipinski definition) is 3. The van der Waals surface area contributed by atoms with Gasteiger partial charge in [-0.15, -0.1) is 0 Å². The van der Waals surface area contributed by atoms with Gasteiger partial charge in [-0.2, -0.15) is 0 Å². The van der Waals surface area contributed by atoms with E-state index in [-0.39, 0.29) is 29.6 Å². The maximum atomic E-state index is 14.0. The Morgan fingerprint density at radius 2 is 1.88 bits per heavy atom. The SMILES string of the molecule is COc1ccc(CC2CC(C(=O)NCc3cc4cnccc4[nH]3)N(C(=O)C3CC(C(=O)N4CCCC4)CCN3)C2)cc1. The monoisotopic (exact) mass is 572 g/mol. The number of pyridine rings is 1. The Morgan fingerprint density at radius 1 is 1.07 bits per heavy atom. The van der Waals surface area contributed by atoms with E-state index < -0.39 is 12.1 Å². The minimum Gasteiger partial charge on any atom is -0.497 e. The molecule has 1 aromatic carbocycles. The smallest absolute Gasteiger partial charge is 0.243 e. The number of piperidine rings is 1. The molecule has 10 heteroatoms. The van der Waals surface area contributed by atoms with E-state index in [9.17, 15) is 14.4 Å². The molecule has 4 unspecified atom stereocenters. The third kappa shape index (κ3) is 6.13. The number of aromatic nitrogens is 2. The topological polar surface area (TPSA) is 120 Å². The number of nitrogens with zero attached hydrogens (tertiary/aromatic N) is 3. The summed E-state index contributed by atoms with van der Waals surface area (Å²) in [6.45, 7) is 3.09. The van der Waals surface area contributed by atoms with Gasteiger partial charge in [-0.3, -0.25) is 19.4 Å². The fourth-order valence-electron chi connectivity index (χ4n) is 6.81. The molecule has 6 rings (SSSR count). The molecule has 3 aromatic rings. The van der Waals surface area contributed by atoms with E-state index in [1.165, 1.54) is 0 Å². The zero-order chi connectivity index (χ0) is 29.1. The normalized spacial score (nSPS) is 24.2. The zero-order valence-electron chi connectivity index (χ0n) is 24.2. The first-order valence-electron chi connectivity index (χ1n) is 15.1. The first kappa shape index (κ1) is 28.2. The molecule has 0 radical (unpaired) electrons. The van der Waals surface area contributed by atoms with Crippen molar-refractivity contribution in [3.63, 3.8) is 0 Å². The van der Waals surface area contributed by atoms with Crippen LogP contribution >= 0.6 is 0 Å². The summed E-state index contributed by atoms with van der Waals surface area (Å²) in [5.74, 6) is 0.727. The van der Waals surface area contributed by atoms with Gasteiger partial charge in [-0.05, 0) is 80.8 Å². The van der Waals surface area contributed by atoms with Gasteiger partial charge in [0.15, 0.2) is 0 Å². The number of benzene rings is 1. The number of H-pyrrole nitrogens is 1. The molecule has 0 saturated carbocycles. The number of ether oxygens (including phenoxy) is 1. The Balaban J connectivity index is 1.15. The molecule has 0 bridgehead atoms. The van der Waals surface area contributed by atoms with Gasteiger partial charge in [0.25, 0.3) is 0 Å². The number of fused-ring (bicyclic) bond motifs is 1. The van der Waals surface area contributed by atoms with Crippen LogP contribution in [-0.4, -0.2) is 82.9 Å². The second-order valence-corrected chi connectivity index (χ2v) is 11.9. The second-order valence-electron chi connectivity index (χ2n) is 11.9. The highest BCUT2D eigenvalue weighted by Crippen LogP contribution is 2.30. The van der Waals surface area contributed by atoms with Crippen molar-refractivity contribution >= 4 is 28.6 Å². The predicted octanol–water partition coefficient (Wildman–Crippen LogP) is 2.64. The molecule has 3 N–H and O–H groups in total. The Kier molecular flexibility index (Phi) is 8.41. The van der Waals surface area contributed by atoms with Crippen molar-refractivity contribution < 1.29 is 19.1 Å². The summed E-state index contributed by atoms with van der Waals surface area (Å²) in [4.78, 5) is 52.0. The molecular weight excluding hydrogens is 532 g/mol. The number of hydrogen-bond acceptors (Lipinski definition) is 6. The lowest BCUT2D eigenvalue weighted by atomic mass is 9.90. The number of methoxy groups -OCH3 is 1. The van der Waals surface area contributed by atoms with Gasteiger partial charge in [0.2, 0.25) is 17.7 Å². The molecule has 3 fully saturated rings. The molecule has 0 spiro atoms. The van der Waals surface area contributed by atoms with Gasteiger partial charge in [0.05, 0.1) is 19.7 Å². The van der Waals surface area contributed by atoms with E-state index in [4.69, 9.17) is 4.74 Å². The summed E-state index contributed by atoms with van der Waals surface area (Å²) in [7, 11) is 1.65. The summed E-state index contributed by atoms with van der Waals surface area (Å²) in [5.41, 5.74) is 3.00. The number of carbonyl (C=O) groups is 3. The van der Waals surface area contributed by atoms with E-state index in [0.717, 1.165) is 66.7 Å². The van der Waals surface area contributed by atoms with E-state index >= 15 is 0 Å². The number of amides is 3. The van der Waals surface area contributed by atoms with Gasteiger partial charge in [-0.1, -0.05) is 12.1 Å². The van der Waals surface area contributed by atoms with Crippen LogP contribution < -0.4 is 15.4 Å². The van der Waals surface area contributed by atoms with Crippen LogP contribution in [0.1, 0.15) is 43.4 Å². The molecule has 0 aliphatic carbocycles. The van der Waals surface area contributed by atoms with E-state index in [1.54, 1.807) is 24.4 Å². The standard InChI is InChI=1S/C32H40N6O4/c1-42-26-6-4-21(5-7-26)14-22-15-29(30(39)35-19-25-16-24-18-33-10-9-27(24)36-25)38(20-22)32(41)28-17-23(8-11-34-28)31(40)37-12-2-3-13-37/h4-7,9-10,16,18,22-23,28-29,34,36H,2-3,8,11-15,17,19-20H2,1H3,(H,35,39). The van der Waals surface area contributed by atoms with Crippen LogP contribution in [-0.2, 0) is 27.3 Å². The molecule has 2 aromatic heterocycles. The minimum atomic E-state index is -0.566. The molecule has 42 heavy (non-hydrogen) atoms. The number of nitrogens with one attached hydrogen (secondary N) is 3. The average molecular weight is 573 g/mol. The lowest BCUT2D eigenvalue weighted by molar-refractivity contribution is -0.142. The van der Waals surface area contributed by atoms with Crippen molar-refractivity contribution in [2.75, 3.05) is 33.3 Å². The molecule has 222 valence electrons. The maximum Gasteiger partial charge on any atom is 0.243 e. The lowest BCUT2D eigenvalue weighted by Crippen LogP contribution is -2.55. The van der Waals surface area contributed by atoms with Crippen molar-refractivity contribution in [2.24, 2.45) is 11.8 Å². The van der Waals surface area contributed by atoms with Crippen LogP contribution in [0.4, 0.5) is 0 Å². The zero-order valence-corrected chi connectivity index (χ0v) is 24.2. The quantitative estimate of drug-likeness (QED) is 0.382. The summed E-state index contributed by atoms with van der Waals surface area (Å²) < 4.78 is 5.30. The molecule has 4 atom stereocenters. The van der Waals surface area contributed by atoms with Gasteiger partial charge in [0, 0.05) is 54.5 Å². The van der Waals surface area contributed by atoms with Crippen LogP contribution in [0.5, 0.6) is 5.75 Å². The van der Waals surface area contributed by atoms with E-state index in [2.05, 4.69) is 20.6 Å². The van der Waals surface area contributed by atoms with Crippen molar-refractivity contribution in [1.82, 2.24) is 30.4 Å². The molecule has 3 saturated heterocycles. The van der Waals surface area contributed by atoms with Gasteiger partial charge < -0.3 is 30.2 Å². The lowest BCUT2D eigenvalue weighted by Gasteiger charge is -2.34. The fourth-order valence-corrected chi connectivity index (χ4v) is 6.81. The van der Waals surface area contributed by atoms with Gasteiger partial charge >= 0.3 is 0 Å². The molecule has 5 heterocycles. The van der Waals surface area contributed by atoms with Crippen molar-refractivity contribution in [2.45, 2.75) is 57.2 Å². The van der Waals surface area contributed by atoms with Crippen molar-refractivity contribution in [3.05, 3.63) is 60.0 Å². The van der Waals surface area contributed by atoms with Gasteiger partial charge in [-0.25, -0.2) is 0 Å². The third-order valence-corrected chi connectivity index (χ3v) is 9.06. The Labute approximate surface area is 246 Å². The summed E-state index contributed by atoms with van der Waals surface area (Å²) in [6, 6.07) is 10.8.